The highest BCUT2D eigenvalue weighted by Crippen LogP contribution is 2.51. The van der Waals surface area contributed by atoms with Crippen molar-refractivity contribution in [3.05, 3.63) is 89.5 Å². The van der Waals surface area contributed by atoms with E-state index in [4.69, 9.17) is 9.47 Å². The second kappa shape index (κ2) is 11.4. The fraction of sp³-hybridized carbons (Fsp3) is 0.394. The van der Waals surface area contributed by atoms with E-state index in [1.807, 2.05) is 53.4 Å². The van der Waals surface area contributed by atoms with Gasteiger partial charge in [0.25, 0.3) is 5.91 Å². The molecule has 3 aromatic carbocycles. The van der Waals surface area contributed by atoms with Crippen molar-refractivity contribution in [1.82, 2.24) is 4.90 Å². The van der Waals surface area contributed by atoms with Gasteiger partial charge < -0.3 is 19.7 Å². The average molecular weight is 542 g/mol. The maximum Gasteiger partial charge on any atom is 0.255 e. The molecule has 1 fully saturated rings. The fourth-order valence-electron chi connectivity index (χ4n) is 6.30. The Kier molecular flexibility index (Phi) is 7.97. The fourth-order valence-corrected chi connectivity index (χ4v) is 6.30. The third-order valence-electron chi connectivity index (χ3n) is 8.10. The zero-order valence-corrected chi connectivity index (χ0v) is 23.9. The van der Waals surface area contributed by atoms with E-state index in [1.165, 1.54) is 0 Å². The Morgan fingerprint density at radius 1 is 0.950 bits per heavy atom. The Morgan fingerprint density at radius 3 is 2.33 bits per heavy atom. The summed E-state index contributed by atoms with van der Waals surface area (Å²) in [5, 5.41) is 3.05. The van der Waals surface area contributed by atoms with E-state index in [2.05, 4.69) is 43.1 Å². The second-order valence-corrected chi connectivity index (χ2v) is 11.6. The van der Waals surface area contributed by atoms with E-state index < -0.39 is 11.0 Å². The van der Waals surface area contributed by atoms with Crippen molar-refractivity contribution in [2.24, 2.45) is 0 Å². The summed E-state index contributed by atoms with van der Waals surface area (Å²) in [6, 6.07) is 23.4. The van der Waals surface area contributed by atoms with Crippen LogP contribution in [0.3, 0.4) is 0 Å². The van der Waals surface area contributed by atoms with E-state index in [1.54, 1.807) is 19.1 Å². The molecule has 2 heterocycles. The number of rotatable bonds is 7. The van der Waals surface area contributed by atoms with Gasteiger partial charge in [-0.2, -0.15) is 0 Å². The van der Waals surface area contributed by atoms with Gasteiger partial charge in [0.1, 0.15) is 12.4 Å². The smallest absolute Gasteiger partial charge is 0.255 e. The van der Waals surface area contributed by atoms with Gasteiger partial charge in [0, 0.05) is 54.5 Å². The molecule has 7 heteroatoms. The normalized spacial score (nSPS) is 20.4. The number of anilines is 2. The molecule has 1 atom stereocenters. The summed E-state index contributed by atoms with van der Waals surface area (Å²) >= 11 is 0. The number of carbonyl (C=O) groups excluding carboxylic acids is 2. The SMILES string of the molecule is CC(=O)N1c2ccc(NC(=O)c3ccccc3)cc2C(C)(c2ccc(OCCN3CCOCC3)cc2)CC1(C)C. The van der Waals surface area contributed by atoms with Crippen LogP contribution < -0.4 is 15.0 Å². The molecule has 2 aliphatic heterocycles. The monoisotopic (exact) mass is 541 g/mol. The van der Waals surface area contributed by atoms with Gasteiger partial charge in [-0.3, -0.25) is 14.5 Å². The first-order valence-electron chi connectivity index (χ1n) is 14.0. The molecule has 2 amide bonds. The van der Waals surface area contributed by atoms with Gasteiger partial charge >= 0.3 is 0 Å². The van der Waals surface area contributed by atoms with Gasteiger partial charge in [0.05, 0.1) is 13.2 Å². The lowest BCUT2D eigenvalue weighted by Crippen LogP contribution is -2.55. The van der Waals surface area contributed by atoms with E-state index in [-0.39, 0.29) is 11.8 Å². The minimum absolute atomic E-state index is 0.00149. The van der Waals surface area contributed by atoms with E-state index >= 15 is 0 Å². The summed E-state index contributed by atoms with van der Waals surface area (Å²) < 4.78 is 11.5. The molecule has 40 heavy (non-hydrogen) atoms. The second-order valence-electron chi connectivity index (χ2n) is 11.6. The van der Waals surface area contributed by atoms with Crippen molar-refractivity contribution in [1.29, 1.82) is 0 Å². The third-order valence-corrected chi connectivity index (χ3v) is 8.10. The van der Waals surface area contributed by atoms with Gasteiger partial charge in [-0.05, 0) is 73.9 Å². The minimum atomic E-state index is -0.407. The lowest BCUT2D eigenvalue weighted by Gasteiger charge is -2.51. The van der Waals surface area contributed by atoms with Crippen LogP contribution in [0.2, 0.25) is 0 Å². The minimum Gasteiger partial charge on any atom is -0.492 e. The molecule has 210 valence electrons. The van der Waals surface area contributed by atoms with Crippen molar-refractivity contribution in [2.75, 3.05) is 49.7 Å². The number of nitrogens with zero attached hydrogens (tertiary/aromatic N) is 2. The maximum absolute atomic E-state index is 12.9. The summed E-state index contributed by atoms with van der Waals surface area (Å²) in [6.07, 6.45) is 0.722. The predicted octanol–water partition coefficient (Wildman–Crippen LogP) is 5.49. The molecular weight excluding hydrogens is 502 g/mol. The van der Waals surface area contributed by atoms with E-state index in [9.17, 15) is 9.59 Å². The number of hydrogen-bond acceptors (Lipinski definition) is 5. The zero-order chi connectivity index (χ0) is 28.3. The number of fused-ring (bicyclic) bond motifs is 1. The molecule has 1 N–H and O–H groups in total. The molecule has 0 bridgehead atoms. The van der Waals surface area contributed by atoms with Crippen LogP contribution in [0.1, 0.15) is 55.6 Å². The average Bonchev–Trinajstić information content (AvgIpc) is 2.94. The van der Waals surface area contributed by atoms with Crippen molar-refractivity contribution in [3.63, 3.8) is 0 Å². The van der Waals surface area contributed by atoms with Gasteiger partial charge in [-0.1, -0.05) is 37.3 Å². The van der Waals surface area contributed by atoms with Crippen LogP contribution in [0.25, 0.3) is 0 Å². The highest BCUT2D eigenvalue weighted by atomic mass is 16.5. The zero-order valence-electron chi connectivity index (χ0n) is 23.9. The Balaban J connectivity index is 1.42. The topological polar surface area (TPSA) is 71.1 Å². The molecule has 0 aliphatic carbocycles. The molecule has 1 saturated heterocycles. The van der Waals surface area contributed by atoms with E-state index in [0.29, 0.717) is 17.9 Å². The van der Waals surface area contributed by atoms with Crippen LogP contribution in [0, 0.1) is 0 Å². The van der Waals surface area contributed by atoms with Gasteiger partial charge in [-0.25, -0.2) is 0 Å². The highest BCUT2D eigenvalue weighted by molar-refractivity contribution is 6.04. The molecule has 0 radical (unpaired) electrons. The first kappa shape index (κ1) is 27.9. The summed E-state index contributed by atoms with van der Waals surface area (Å²) in [5.74, 6) is 0.670. The summed E-state index contributed by atoms with van der Waals surface area (Å²) in [5.41, 5.74) is 3.50. The van der Waals surface area contributed by atoms with Crippen LogP contribution in [-0.4, -0.2) is 61.7 Å². The Labute approximate surface area is 237 Å². The number of benzene rings is 3. The van der Waals surface area contributed by atoms with Crippen molar-refractivity contribution in [3.8, 4) is 5.75 Å². The Bertz CT molecular complexity index is 1350. The Morgan fingerprint density at radius 2 is 1.65 bits per heavy atom. The molecule has 7 nitrogen and oxygen atoms in total. The lowest BCUT2D eigenvalue weighted by atomic mass is 9.65. The lowest BCUT2D eigenvalue weighted by molar-refractivity contribution is -0.117. The number of carbonyl (C=O) groups is 2. The molecular formula is C33H39N3O4. The van der Waals surface area contributed by atoms with Crippen LogP contribution in [0.4, 0.5) is 11.4 Å². The Hall–Kier alpha value is -3.68. The van der Waals surface area contributed by atoms with Crippen LogP contribution in [-0.2, 0) is 14.9 Å². The third kappa shape index (κ3) is 5.76. The van der Waals surface area contributed by atoms with Crippen molar-refractivity contribution < 1.29 is 19.1 Å². The quantitative estimate of drug-likeness (QED) is 0.428. The van der Waals surface area contributed by atoms with Gasteiger partial charge in [0.15, 0.2) is 0 Å². The first-order valence-corrected chi connectivity index (χ1v) is 14.0. The maximum atomic E-state index is 12.9. The van der Waals surface area contributed by atoms with Crippen LogP contribution >= 0.6 is 0 Å². The molecule has 3 aromatic rings. The first-order chi connectivity index (χ1) is 19.2. The number of hydrogen-bond donors (Lipinski definition) is 1. The van der Waals surface area contributed by atoms with E-state index in [0.717, 1.165) is 61.8 Å². The number of ether oxygens (including phenoxy) is 2. The molecule has 1 unspecified atom stereocenters. The molecule has 0 aromatic heterocycles. The predicted molar refractivity (Wildman–Crippen MR) is 158 cm³/mol. The van der Waals surface area contributed by atoms with Crippen LogP contribution in [0.15, 0.2) is 72.8 Å². The summed E-state index contributed by atoms with van der Waals surface area (Å²) in [7, 11) is 0. The van der Waals surface area contributed by atoms with Crippen LogP contribution in [0.5, 0.6) is 5.75 Å². The molecule has 0 spiro atoms. The van der Waals surface area contributed by atoms with Crippen molar-refractivity contribution in [2.45, 2.75) is 45.1 Å². The van der Waals surface area contributed by atoms with Gasteiger partial charge in [0.2, 0.25) is 5.91 Å². The number of nitrogens with one attached hydrogen (secondary N) is 1. The highest BCUT2D eigenvalue weighted by Gasteiger charge is 2.47. The number of amides is 2. The molecule has 2 aliphatic rings. The van der Waals surface area contributed by atoms with Gasteiger partial charge in [-0.15, -0.1) is 0 Å². The molecule has 5 rings (SSSR count). The van der Waals surface area contributed by atoms with Crippen molar-refractivity contribution >= 4 is 23.2 Å². The summed E-state index contributed by atoms with van der Waals surface area (Å²) in [4.78, 5) is 30.0. The molecule has 0 saturated carbocycles. The summed E-state index contributed by atoms with van der Waals surface area (Å²) in [6.45, 7) is 13.0. The standard InChI is InChI=1S/C33H39N3O4/c1-24(37)36-30-15-12-27(34-31(38)25-8-6-5-7-9-25)22-29(30)33(4,23-32(36,2)3)26-10-13-28(14-11-26)40-21-18-35-16-19-39-20-17-35/h5-15,22H,16-21,23H2,1-4H3,(H,34,38). The number of morpholine rings is 1. The largest absolute Gasteiger partial charge is 0.492 e.